The average Bonchev–Trinajstić information content (AvgIpc) is 2.50. The van der Waals surface area contributed by atoms with Gasteiger partial charge in [0, 0.05) is 19.7 Å². The molecule has 6 heteroatoms. The van der Waals surface area contributed by atoms with Gasteiger partial charge >= 0.3 is 0 Å². The SMILES string of the molecule is Cn1nc(-c2ccc(F)c(F)c2)n(C)c1=S. The highest BCUT2D eigenvalue weighted by molar-refractivity contribution is 7.71. The van der Waals surface area contributed by atoms with Crippen LogP contribution in [0.2, 0.25) is 0 Å². The van der Waals surface area contributed by atoms with E-state index in [1.807, 2.05) is 0 Å². The maximum Gasteiger partial charge on any atom is 0.197 e. The van der Waals surface area contributed by atoms with E-state index >= 15 is 0 Å². The Labute approximate surface area is 95.9 Å². The lowest BCUT2D eigenvalue weighted by molar-refractivity contribution is 0.509. The van der Waals surface area contributed by atoms with Crippen molar-refractivity contribution in [3.8, 4) is 11.4 Å². The molecule has 0 atom stereocenters. The van der Waals surface area contributed by atoms with Gasteiger partial charge in [0.25, 0.3) is 0 Å². The zero-order chi connectivity index (χ0) is 11.9. The largest absolute Gasteiger partial charge is 0.303 e. The summed E-state index contributed by atoms with van der Waals surface area (Å²) in [4.78, 5) is 0. The van der Waals surface area contributed by atoms with Gasteiger partial charge in [-0.05, 0) is 30.4 Å². The fourth-order valence-electron chi connectivity index (χ4n) is 1.45. The van der Waals surface area contributed by atoms with Crippen molar-refractivity contribution < 1.29 is 8.78 Å². The van der Waals surface area contributed by atoms with Crippen LogP contribution in [0, 0.1) is 16.4 Å². The predicted molar refractivity (Wildman–Crippen MR) is 58.4 cm³/mol. The summed E-state index contributed by atoms with van der Waals surface area (Å²) in [5.41, 5.74) is 0.494. The van der Waals surface area contributed by atoms with E-state index in [2.05, 4.69) is 5.10 Å². The number of benzene rings is 1. The molecule has 0 spiro atoms. The molecule has 0 bridgehead atoms. The summed E-state index contributed by atoms with van der Waals surface area (Å²) in [6.07, 6.45) is 0. The van der Waals surface area contributed by atoms with E-state index in [9.17, 15) is 8.78 Å². The molecule has 2 aromatic rings. The molecule has 0 aliphatic heterocycles. The lowest BCUT2D eigenvalue weighted by atomic mass is 10.2. The fourth-order valence-corrected chi connectivity index (χ4v) is 1.57. The van der Waals surface area contributed by atoms with Gasteiger partial charge in [-0.2, -0.15) is 5.10 Å². The molecule has 2 rings (SSSR count). The van der Waals surface area contributed by atoms with Crippen molar-refractivity contribution in [2.24, 2.45) is 14.1 Å². The van der Waals surface area contributed by atoms with Crippen molar-refractivity contribution in [2.75, 3.05) is 0 Å². The molecule has 1 heterocycles. The van der Waals surface area contributed by atoms with Gasteiger partial charge in [0.2, 0.25) is 0 Å². The molecule has 0 aliphatic carbocycles. The van der Waals surface area contributed by atoms with Crippen LogP contribution >= 0.6 is 12.2 Å². The van der Waals surface area contributed by atoms with E-state index < -0.39 is 11.6 Å². The van der Waals surface area contributed by atoms with Crippen molar-refractivity contribution in [3.05, 3.63) is 34.6 Å². The maximum atomic E-state index is 13.1. The third-order valence-electron chi connectivity index (χ3n) is 2.30. The van der Waals surface area contributed by atoms with Crippen LogP contribution in [0.25, 0.3) is 11.4 Å². The number of nitrogens with zero attached hydrogens (tertiary/aromatic N) is 3. The molecular formula is C10H9F2N3S. The van der Waals surface area contributed by atoms with Crippen LogP contribution < -0.4 is 0 Å². The summed E-state index contributed by atoms with van der Waals surface area (Å²) >= 11 is 5.07. The smallest absolute Gasteiger partial charge is 0.197 e. The van der Waals surface area contributed by atoms with Crippen molar-refractivity contribution in [1.82, 2.24) is 14.3 Å². The average molecular weight is 241 g/mol. The molecule has 1 aromatic heterocycles. The normalized spacial score (nSPS) is 10.8. The van der Waals surface area contributed by atoms with Crippen LogP contribution in [0.15, 0.2) is 18.2 Å². The van der Waals surface area contributed by atoms with Crippen molar-refractivity contribution in [2.45, 2.75) is 0 Å². The van der Waals surface area contributed by atoms with E-state index in [1.165, 1.54) is 10.7 Å². The summed E-state index contributed by atoms with van der Waals surface area (Å²) in [6.45, 7) is 0. The van der Waals surface area contributed by atoms with E-state index in [-0.39, 0.29) is 0 Å². The number of halogens is 2. The third-order valence-corrected chi connectivity index (χ3v) is 2.84. The van der Waals surface area contributed by atoms with E-state index in [4.69, 9.17) is 12.2 Å². The number of aromatic nitrogens is 3. The highest BCUT2D eigenvalue weighted by Crippen LogP contribution is 2.19. The Morgan fingerprint density at radius 3 is 2.38 bits per heavy atom. The molecule has 0 saturated heterocycles. The minimum Gasteiger partial charge on any atom is -0.303 e. The lowest BCUT2D eigenvalue weighted by Crippen LogP contribution is -1.94. The lowest BCUT2D eigenvalue weighted by Gasteiger charge is -2.00. The van der Waals surface area contributed by atoms with Gasteiger partial charge in [-0.3, -0.25) is 0 Å². The van der Waals surface area contributed by atoms with Gasteiger partial charge in [0.1, 0.15) is 0 Å². The minimum atomic E-state index is -0.894. The second-order valence-corrected chi connectivity index (χ2v) is 3.78. The standard InChI is InChI=1S/C10H9F2N3S/c1-14-9(13-15(2)10(14)16)6-3-4-7(11)8(12)5-6/h3-5H,1-2H3. The monoisotopic (exact) mass is 241 g/mol. The molecule has 0 saturated carbocycles. The van der Waals surface area contributed by atoms with E-state index in [0.717, 1.165) is 12.1 Å². The summed E-state index contributed by atoms with van der Waals surface area (Å²) < 4.78 is 29.5. The Morgan fingerprint density at radius 1 is 1.19 bits per heavy atom. The van der Waals surface area contributed by atoms with Crippen LogP contribution in [0.4, 0.5) is 8.78 Å². The topological polar surface area (TPSA) is 22.8 Å². The fraction of sp³-hybridized carbons (Fsp3) is 0.200. The van der Waals surface area contributed by atoms with Crippen LogP contribution in [0.1, 0.15) is 0 Å². The highest BCUT2D eigenvalue weighted by Gasteiger charge is 2.10. The van der Waals surface area contributed by atoms with Gasteiger partial charge in [-0.15, -0.1) is 0 Å². The van der Waals surface area contributed by atoms with Crippen LogP contribution in [-0.4, -0.2) is 14.3 Å². The molecule has 3 nitrogen and oxygen atoms in total. The predicted octanol–water partition coefficient (Wildman–Crippen LogP) is 2.43. The van der Waals surface area contributed by atoms with Gasteiger partial charge < -0.3 is 4.57 Å². The highest BCUT2D eigenvalue weighted by atomic mass is 32.1. The second-order valence-electron chi connectivity index (χ2n) is 3.42. The Kier molecular flexibility index (Phi) is 2.59. The Hall–Kier alpha value is -1.56. The van der Waals surface area contributed by atoms with Gasteiger partial charge in [0.15, 0.2) is 22.2 Å². The molecule has 0 amide bonds. The summed E-state index contributed by atoms with van der Waals surface area (Å²) in [5, 5.41) is 4.14. The van der Waals surface area contributed by atoms with Crippen LogP contribution in [0.5, 0.6) is 0 Å². The van der Waals surface area contributed by atoms with Gasteiger partial charge in [-0.1, -0.05) is 0 Å². The number of hydrogen-bond acceptors (Lipinski definition) is 2. The molecule has 0 fully saturated rings. The zero-order valence-corrected chi connectivity index (χ0v) is 9.55. The van der Waals surface area contributed by atoms with E-state index in [1.54, 1.807) is 18.7 Å². The summed E-state index contributed by atoms with van der Waals surface area (Å²) in [5.74, 6) is -1.26. The van der Waals surface area contributed by atoms with E-state index in [0.29, 0.717) is 16.2 Å². The Morgan fingerprint density at radius 2 is 1.88 bits per heavy atom. The zero-order valence-electron chi connectivity index (χ0n) is 8.74. The first-order valence-corrected chi connectivity index (χ1v) is 4.97. The maximum absolute atomic E-state index is 13.1. The Bertz CT molecular complexity index is 601. The molecule has 0 unspecified atom stereocenters. The van der Waals surface area contributed by atoms with Crippen LogP contribution in [-0.2, 0) is 14.1 Å². The first-order chi connectivity index (χ1) is 7.50. The number of aryl methyl sites for hydroxylation is 1. The molecule has 1 aromatic carbocycles. The van der Waals surface area contributed by atoms with Crippen LogP contribution in [0.3, 0.4) is 0 Å². The molecule has 0 N–H and O–H groups in total. The van der Waals surface area contributed by atoms with Gasteiger partial charge in [-0.25, -0.2) is 13.5 Å². The molecule has 0 radical (unpaired) electrons. The Balaban J connectivity index is 2.63. The third kappa shape index (κ3) is 1.65. The molecule has 84 valence electrons. The minimum absolute atomic E-state index is 0.494. The quantitative estimate of drug-likeness (QED) is 0.716. The first kappa shape index (κ1) is 10.9. The number of hydrogen-bond donors (Lipinski definition) is 0. The van der Waals surface area contributed by atoms with Crippen molar-refractivity contribution >= 4 is 12.2 Å². The molecule has 0 aliphatic rings. The molecule has 16 heavy (non-hydrogen) atoms. The molecular weight excluding hydrogens is 232 g/mol. The first-order valence-electron chi connectivity index (χ1n) is 4.56. The van der Waals surface area contributed by atoms with Crippen molar-refractivity contribution in [1.29, 1.82) is 0 Å². The second kappa shape index (κ2) is 3.79. The van der Waals surface area contributed by atoms with Gasteiger partial charge in [0.05, 0.1) is 0 Å². The summed E-state index contributed by atoms with van der Waals surface area (Å²) in [6, 6.07) is 3.64. The number of rotatable bonds is 1. The van der Waals surface area contributed by atoms with Crippen molar-refractivity contribution in [3.63, 3.8) is 0 Å². The summed E-state index contributed by atoms with van der Waals surface area (Å²) in [7, 11) is 3.43.